The second-order valence-corrected chi connectivity index (χ2v) is 3.17. The Morgan fingerprint density at radius 2 is 1.59 bits per heavy atom. The van der Waals surface area contributed by atoms with Crippen LogP contribution in [0.3, 0.4) is 0 Å². The first kappa shape index (κ1) is 12.2. The van der Waals surface area contributed by atoms with Crippen LogP contribution in [0.15, 0.2) is 24.3 Å². The summed E-state index contributed by atoms with van der Waals surface area (Å²) in [6.07, 6.45) is 0. The van der Waals surface area contributed by atoms with Crippen molar-refractivity contribution in [2.45, 2.75) is 0 Å². The molecule has 0 heterocycles. The summed E-state index contributed by atoms with van der Waals surface area (Å²) in [7, 11) is 0. The molecule has 82 valence electrons. The van der Waals surface area contributed by atoms with Crippen molar-refractivity contribution in [1.82, 2.24) is 4.90 Å². The number of amides is 1. The highest BCUT2D eigenvalue weighted by Gasteiger charge is 2.14. The van der Waals surface area contributed by atoms with Crippen molar-refractivity contribution in [2.24, 2.45) is 0 Å². The van der Waals surface area contributed by atoms with Crippen molar-refractivity contribution >= 4 is 5.91 Å². The molecular formula is C12H8N4O. The van der Waals surface area contributed by atoms with E-state index in [0.29, 0.717) is 11.1 Å². The summed E-state index contributed by atoms with van der Waals surface area (Å²) in [5, 5.41) is 25.7. The molecule has 0 saturated carbocycles. The minimum atomic E-state index is -0.391. The second-order valence-electron chi connectivity index (χ2n) is 3.17. The smallest absolute Gasteiger partial charge is 0.255 e. The Labute approximate surface area is 98.7 Å². The lowest BCUT2D eigenvalue weighted by Gasteiger charge is -2.15. The van der Waals surface area contributed by atoms with Crippen molar-refractivity contribution < 1.29 is 4.79 Å². The van der Waals surface area contributed by atoms with Crippen LogP contribution in [0.2, 0.25) is 0 Å². The summed E-state index contributed by atoms with van der Waals surface area (Å²) in [5.74, 6) is -0.391. The van der Waals surface area contributed by atoms with Crippen molar-refractivity contribution in [3.63, 3.8) is 0 Å². The van der Waals surface area contributed by atoms with Gasteiger partial charge in [-0.3, -0.25) is 4.79 Å². The minimum Gasteiger partial charge on any atom is -0.312 e. The molecule has 0 unspecified atom stereocenters. The van der Waals surface area contributed by atoms with Crippen molar-refractivity contribution in [3.05, 3.63) is 35.4 Å². The average molecular weight is 224 g/mol. The van der Waals surface area contributed by atoms with E-state index in [1.165, 1.54) is 24.3 Å². The van der Waals surface area contributed by atoms with Gasteiger partial charge in [-0.15, -0.1) is 0 Å². The number of benzene rings is 1. The number of rotatable bonds is 3. The van der Waals surface area contributed by atoms with E-state index in [9.17, 15) is 4.79 Å². The number of carbonyl (C=O) groups excluding carboxylic acids is 1. The SMILES string of the molecule is N#CCN(CC#N)C(=O)c1ccc(C#N)cc1. The van der Waals surface area contributed by atoms with Crippen molar-refractivity contribution in [3.8, 4) is 18.2 Å². The van der Waals surface area contributed by atoms with Crippen LogP contribution in [0.1, 0.15) is 15.9 Å². The predicted octanol–water partition coefficient (Wildman–Crippen LogP) is 1.05. The van der Waals surface area contributed by atoms with Gasteiger partial charge in [0.15, 0.2) is 0 Å². The summed E-state index contributed by atoms with van der Waals surface area (Å²) in [5.41, 5.74) is 0.808. The Balaban J connectivity index is 2.91. The molecule has 5 nitrogen and oxygen atoms in total. The Morgan fingerprint density at radius 1 is 1.06 bits per heavy atom. The highest BCUT2D eigenvalue weighted by molar-refractivity contribution is 5.94. The first-order valence-corrected chi connectivity index (χ1v) is 4.76. The number of hydrogen-bond acceptors (Lipinski definition) is 4. The maximum Gasteiger partial charge on any atom is 0.255 e. The third-order valence-corrected chi connectivity index (χ3v) is 2.07. The van der Waals surface area contributed by atoms with Gasteiger partial charge in [-0.1, -0.05) is 0 Å². The quantitative estimate of drug-likeness (QED) is 0.717. The Morgan fingerprint density at radius 3 is 2.00 bits per heavy atom. The Bertz CT molecular complexity index is 512. The second kappa shape index (κ2) is 5.90. The number of carbonyl (C=O) groups is 1. The first-order chi connectivity index (χ1) is 8.22. The van der Waals surface area contributed by atoms with Crippen LogP contribution < -0.4 is 0 Å². The van der Waals surface area contributed by atoms with E-state index in [4.69, 9.17) is 15.8 Å². The largest absolute Gasteiger partial charge is 0.312 e. The van der Waals surface area contributed by atoms with Crippen LogP contribution in [-0.2, 0) is 0 Å². The van der Waals surface area contributed by atoms with Gasteiger partial charge in [0.2, 0.25) is 0 Å². The zero-order valence-corrected chi connectivity index (χ0v) is 8.92. The van der Waals surface area contributed by atoms with Crippen LogP contribution in [0.4, 0.5) is 0 Å². The molecule has 0 fully saturated rings. The third-order valence-electron chi connectivity index (χ3n) is 2.07. The highest BCUT2D eigenvalue weighted by atomic mass is 16.2. The van der Waals surface area contributed by atoms with Crippen molar-refractivity contribution in [1.29, 1.82) is 15.8 Å². The van der Waals surface area contributed by atoms with E-state index in [2.05, 4.69) is 0 Å². The Hall–Kier alpha value is -2.84. The molecule has 0 aliphatic heterocycles. The number of hydrogen-bond donors (Lipinski definition) is 0. The van der Waals surface area contributed by atoms with Gasteiger partial charge in [-0.25, -0.2) is 0 Å². The van der Waals surface area contributed by atoms with E-state index in [1.807, 2.05) is 18.2 Å². The number of nitriles is 3. The molecule has 0 aliphatic carbocycles. The van der Waals surface area contributed by atoms with Gasteiger partial charge in [-0.2, -0.15) is 15.8 Å². The van der Waals surface area contributed by atoms with Crippen LogP contribution in [0, 0.1) is 34.0 Å². The predicted molar refractivity (Wildman–Crippen MR) is 58.3 cm³/mol. The van der Waals surface area contributed by atoms with Gasteiger partial charge in [0.25, 0.3) is 5.91 Å². The number of nitrogens with zero attached hydrogens (tertiary/aromatic N) is 4. The fraction of sp³-hybridized carbons (Fsp3) is 0.167. The van der Waals surface area contributed by atoms with Crippen LogP contribution in [-0.4, -0.2) is 23.9 Å². The van der Waals surface area contributed by atoms with Gasteiger partial charge in [-0.05, 0) is 24.3 Å². The van der Waals surface area contributed by atoms with Gasteiger partial charge >= 0.3 is 0 Å². The fourth-order valence-electron chi connectivity index (χ4n) is 1.24. The van der Waals surface area contributed by atoms with Crippen LogP contribution >= 0.6 is 0 Å². The molecule has 0 radical (unpaired) electrons. The molecule has 1 aromatic carbocycles. The maximum absolute atomic E-state index is 11.9. The average Bonchev–Trinajstić information content (AvgIpc) is 2.38. The van der Waals surface area contributed by atoms with E-state index >= 15 is 0 Å². The summed E-state index contributed by atoms with van der Waals surface area (Å²) in [6.45, 7) is -0.265. The van der Waals surface area contributed by atoms with Crippen molar-refractivity contribution in [2.75, 3.05) is 13.1 Å². The summed E-state index contributed by atoms with van der Waals surface area (Å²) >= 11 is 0. The summed E-state index contributed by atoms with van der Waals surface area (Å²) in [6, 6.07) is 11.6. The minimum absolute atomic E-state index is 0.133. The molecule has 0 spiro atoms. The lowest BCUT2D eigenvalue weighted by atomic mass is 10.1. The monoisotopic (exact) mass is 224 g/mol. The molecule has 5 heteroatoms. The Kier molecular flexibility index (Phi) is 4.25. The van der Waals surface area contributed by atoms with E-state index in [0.717, 1.165) is 4.90 Å². The van der Waals surface area contributed by atoms with Crippen LogP contribution in [0.5, 0.6) is 0 Å². The van der Waals surface area contributed by atoms with Gasteiger partial charge in [0.05, 0.1) is 23.8 Å². The molecule has 1 amide bonds. The molecule has 0 aromatic heterocycles. The summed E-state index contributed by atoms with van der Waals surface area (Å²) in [4.78, 5) is 13.0. The molecule has 0 aliphatic rings. The standard InChI is InChI=1S/C12H8N4O/c13-5-7-16(8-6-14)12(17)11-3-1-10(9-15)2-4-11/h1-4H,7-8H2. The molecular weight excluding hydrogens is 216 g/mol. The molecule has 0 atom stereocenters. The lowest BCUT2D eigenvalue weighted by Crippen LogP contribution is -2.31. The molecule has 0 bridgehead atoms. The molecule has 1 aromatic rings. The topological polar surface area (TPSA) is 91.7 Å². The van der Waals surface area contributed by atoms with Gasteiger partial charge in [0.1, 0.15) is 13.1 Å². The van der Waals surface area contributed by atoms with Crippen LogP contribution in [0.25, 0.3) is 0 Å². The zero-order chi connectivity index (χ0) is 12.7. The fourth-order valence-corrected chi connectivity index (χ4v) is 1.24. The normalized spacial score (nSPS) is 8.53. The molecule has 0 saturated heterocycles. The van der Waals surface area contributed by atoms with E-state index in [-0.39, 0.29) is 13.1 Å². The third kappa shape index (κ3) is 3.06. The van der Waals surface area contributed by atoms with E-state index in [1.54, 1.807) is 0 Å². The zero-order valence-electron chi connectivity index (χ0n) is 8.92. The first-order valence-electron chi connectivity index (χ1n) is 4.76. The summed E-state index contributed by atoms with van der Waals surface area (Å²) < 4.78 is 0. The maximum atomic E-state index is 11.9. The molecule has 0 N–H and O–H groups in total. The van der Waals surface area contributed by atoms with Gasteiger partial charge < -0.3 is 4.90 Å². The van der Waals surface area contributed by atoms with E-state index < -0.39 is 5.91 Å². The lowest BCUT2D eigenvalue weighted by molar-refractivity contribution is 0.0794. The molecule has 17 heavy (non-hydrogen) atoms. The highest BCUT2D eigenvalue weighted by Crippen LogP contribution is 2.06. The molecule has 1 rings (SSSR count). The van der Waals surface area contributed by atoms with Gasteiger partial charge in [0, 0.05) is 5.56 Å².